The van der Waals surface area contributed by atoms with Crippen LogP contribution in [0.3, 0.4) is 0 Å². The van der Waals surface area contributed by atoms with E-state index in [0.29, 0.717) is 12.5 Å². The molecule has 5 heteroatoms. The van der Waals surface area contributed by atoms with E-state index in [1.54, 1.807) is 14.2 Å². The van der Waals surface area contributed by atoms with Crippen LogP contribution in [-0.4, -0.2) is 63.9 Å². The number of likely N-dealkylation sites (N-methyl/N-ethyl adjacent to an activating group) is 1. The van der Waals surface area contributed by atoms with Gasteiger partial charge in [0.15, 0.2) is 0 Å². The van der Waals surface area contributed by atoms with Crippen LogP contribution < -0.4 is 5.32 Å². The van der Waals surface area contributed by atoms with Crippen LogP contribution in [0.4, 0.5) is 0 Å². The second-order valence-electron chi connectivity index (χ2n) is 4.95. The molecule has 0 aliphatic heterocycles. The zero-order chi connectivity index (χ0) is 14.2. The molecule has 108 valence electrons. The van der Waals surface area contributed by atoms with Crippen LogP contribution in [0.2, 0.25) is 0 Å². The second-order valence-corrected chi connectivity index (χ2v) is 4.95. The maximum absolute atomic E-state index is 11.8. The number of esters is 1. The topological polar surface area (TPSA) is 50.8 Å². The molecule has 0 rings (SSSR count). The van der Waals surface area contributed by atoms with E-state index in [4.69, 9.17) is 9.47 Å². The molecule has 0 bridgehead atoms. The van der Waals surface area contributed by atoms with Gasteiger partial charge in [0.25, 0.3) is 0 Å². The van der Waals surface area contributed by atoms with Gasteiger partial charge in [-0.3, -0.25) is 4.79 Å². The zero-order valence-electron chi connectivity index (χ0n) is 12.6. The highest BCUT2D eigenvalue weighted by Gasteiger charge is 2.34. The summed E-state index contributed by atoms with van der Waals surface area (Å²) in [6.07, 6.45) is 1.70. The van der Waals surface area contributed by atoms with Gasteiger partial charge in [0.1, 0.15) is 5.54 Å². The number of hydrogen-bond acceptors (Lipinski definition) is 5. The van der Waals surface area contributed by atoms with E-state index in [9.17, 15) is 4.79 Å². The molecule has 0 fully saturated rings. The highest BCUT2D eigenvalue weighted by atomic mass is 16.5. The summed E-state index contributed by atoms with van der Waals surface area (Å²) in [5.41, 5.74) is -0.635. The van der Waals surface area contributed by atoms with Crippen molar-refractivity contribution in [3.05, 3.63) is 0 Å². The SMILES string of the molecule is CNC(C)(CC(C)N(C)CCCOC)C(=O)OC. The standard InChI is InChI=1S/C13H28N2O3/c1-11(15(4)8-7-9-17-5)10-13(2,14-3)12(16)18-6/h11,14H,7-10H2,1-6H3. The van der Waals surface area contributed by atoms with Crippen molar-refractivity contribution in [2.24, 2.45) is 0 Å². The molecule has 0 saturated heterocycles. The van der Waals surface area contributed by atoms with Gasteiger partial charge < -0.3 is 19.7 Å². The molecule has 18 heavy (non-hydrogen) atoms. The average molecular weight is 260 g/mol. The number of carbonyl (C=O) groups excluding carboxylic acids is 1. The van der Waals surface area contributed by atoms with Crippen LogP contribution in [0.25, 0.3) is 0 Å². The fourth-order valence-corrected chi connectivity index (χ4v) is 1.94. The van der Waals surface area contributed by atoms with Crippen molar-refractivity contribution < 1.29 is 14.3 Å². The molecule has 0 radical (unpaired) electrons. The third-order valence-electron chi connectivity index (χ3n) is 3.50. The molecular formula is C13H28N2O3. The van der Waals surface area contributed by atoms with Gasteiger partial charge in [-0.1, -0.05) is 0 Å². The number of methoxy groups -OCH3 is 2. The number of rotatable bonds is 9. The molecule has 0 amide bonds. The van der Waals surface area contributed by atoms with Crippen molar-refractivity contribution in [2.75, 3.05) is 41.5 Å². The van der Waals surface area contributed by atoms with Gasteiger partial charge in [0.05, 0.1) is 7.11 Å². The Balaban J connectivity index is 4.33. The molecule has 0 aromatic carbocycles. The van der Waals surface area contributed by atoms with Crippen molar-refractivity contribution in [2.45, 2.75) is 38.3 Å². The van der Waals surface area contributed by atoms with E-state index in [0.717, 1.165) is 19.6 Å². The maximum Gasteiger partial charge on any atom is 0.325 e. The Hall–Kier alpha value is -0.650. The van der Waals surface area contributed by atoms with Crippen LogP contribution >= 0.6 is 0 Å². The molecule has 0 saturated carbocycles. The molecular weight excluding hydrogens is 232 g/mol. The lowest BCUT2D eigenvalue weighted by atomic mass is 9.93. The van der Waals surface area contributed by atoms with Crippen LogP contribution in [0.5, 0.6) is 0 Å². The third-order valence-corrected chi connectivity index (χ3v) is 3.50. The van der Waals surface area contributed by atoms with E-state index < -0.39 is 5.54 Å². The molecule has 1 N–H and O–H groups in total. The number of ether oxygens (including phenoxy) is 2. The van der Waals surface area contributed by atoms with Gasteiger partial charge in [-0.2, -0.15) is 0 Å². The van der Waals surface area contributed by atoms with E-state index in [1.165, 1.54) is 7.11 Å². The predicted molar refractivity (Wildman–Crippen MR) is 72.7 cm³/mol. The third kappa shape index (κ3) is 5.33. The lowest BCUT2D eigenvalue weighted by Crippen LogP contribution is -2.52. The quantitative estimate of drug-likeness (QED) is 0.493. The predicted octanol–water partition coefficient (Wildman–Crippen LogP) is 0.884. The lowest BCUT2D eigenvalue weighted by molar-refractivity contribution is -0.148. The maximum atomic E-state index is 11.8. The van der Waals surface area contributed by atoms with E-state index in [-0.39, 0.29) is 5.97 Å². The summed E-state index contributed by atoms with van der Waals surface area (Å²) >= 11 is 0. The summed E-state index contributed by atoms with van der Waals surface area (Å²) in [4.78, 5) is 14.0. The number of nitrogens with zero attached hydrogens (tertiary/aromatic N) is 1. The first-order valence-electron chi connectivity index (χ1n) is 6.37. The van der Waals surface area contributed by atoms with Crippen molar-refractivity contribution in [3.63, 3.8) is 0 Å². The Morgan fingerprint density at radius 3 is 2.50 bits per heavy atom. The van der Waals surface area contributed by atoms with Gasteiger partial charge in [0, 0.05) is 26.3 Å². The first-order valence-corrected chi connectivity index (χ1v) is 6.37. The molecule has 5 nitrogen and oxygen atoms in total. The number of carbonyl (C=O) groups is 1. The fraction of sp³-hybridized carbons (Fsp3) is 0.923. The largest absolute Gasteiger partial charge is 0.468 e. The minimum absolute atomic E-state index is 0.220. The first-order chi connectivity index (χ1) is 8.41. The van der Waals surface area contributed by atoms with Crippen LogP contribution in [0.1, 0.15) is 26.7 Å². The second kappa shape index (κ2) is 8.45. The van der Waals surface area contributed by atoms with Crippen molar-refractivity contribution >= 4 is 5.97 Å². The summed E-state index contributed by atoms with van der Waals surface area (Å²) in [5, 5.41) is 3.06. The monoisotopic (exact) mass is 260 g/mol. The zero-order valence-corrected chi connectivity index (χ0v) is 12.6. The van der Waals surface area contributed by atoms with E-state index in [1.807, 2.05) is 6.92 Å². The van der Waals surface area contributed by atoms with Gasteiger partial charge in [0.2, 0.25) is 0 Å². The van der Waals surface area contributed by atoms with E-state index >= 15 is 0 Å². The summed E-state index contributed by atoms with van der Waals surface area (Å²) in [6, 6.07) is 0.290. The molecule has 0 spiro atoms. The smallest absolute Gasteiger partial charge is 0.325 e. The first kappa shape index (κ1) is 17.4. The van der Waals surface area contributed by atoms with Crippen molar-refractivity contribution in [1.29, 1.82) is 0 Å². The average Bonchev–Trinajstić information content (AvgIpc) is 2.37. The summed E-state index contributed by atoms with van der Waals surface area (Å²) in [5.74, 6) is -0.220. The summed E-state index contributed by atoms with van der Waals surface area (Å²) in [7, 11) is 6.98. The Kier molecular flexibility index (Phi) is 8.15. The van der Waals surface area contributed by atoms with Gasteiger partial charge in [-0.15, -0.1) is 0 Å². The molecule has 0 heterocycles. The fourth-order valence-electron chi connectivity index (χ4n) is 1.94. The van der Waals surface area contributed by atoms with Crippen LogP contribution in [0.15, 0.2) is 0 Å². The minimum Gasteiger partial charge on any atom is -0.468 e. The number of nitrogens with one attached hydrogen (secondary N) is 1. The normalized spacial score (nSPS) is 16.4. The minimum atomic E-state index is -0.635. The Morgan fingerprint density at radius 1 is 1.44 bits per heavy atom. The van der Waals surface area contributed by atoms with E-state index in [2.05, 4.69) is 24.2 Å². The van der Waals surface area contributed by atoms with Gasteiger partial charge >= 0.3 is 5.97 Å². The van der Waals surface area contributed by atoms with Gasteiger partial charge in [-0.25, -0.2) is 0 Å². The van der Waals surface area contributed by atoms with Crippen molar-refractivity contribution in [1.82, 2.24) is 10.2 Å². The summed E-state index contributed by atoms with van der Waals surface area (Å²) < 4.78 is 9.88. The highest BCUT2D eigenvalue weighted by molar-refractivity contribution is 5.80. The molecule has 0 aliphatic carbocycles. The van der Waals surface area contributed by atoms with Gasteiger partial charge in [-0.05, 0) is 40.8 Å². The molecule has 0 aromatic heterocycles. The summed E-state index contributed by atoms with van der Waals surface area (Å²) in [6.45, 7) is 5.71. The number of hydrogen-bond donors (Lipinski definition) is 1. The molecule has 2 unspecified atom stereocenters. The molecule has 0 aliphatic rings. The Labute approximate surface area is 111 Å². The van der Waals surface area contributed by atoms with Crippen LogP contribution in [-0.2, 0) is 14.3 Å². The van der Waals surface area contributed by atoms with Crippen LogP contribution in [0, 0.1) is 0 Å². The highest BCUT2D eigenvalue weighted by Crippen LogP contribution is 2.17. The molecule has 0 aromatic rings. The Bertz CT molecular complexity index is 248. The molecule has 2 atom stereocenters. The lowest BCUT2D eigenvalue weighted by Gasteiger charge is -2.33. The van der Waals surface area contributed by atoms with Crippen molar-refractivity contribution in [3.8, 4) is 0 Å². The Morgan fingerprint density at radius 2 is 2.06 bits per heavy atom.